The molecule has 2 nitrogen and oxygen atoms in total. The lowest BCUT2D eigenvalue weighted by Crippen LogP contribution is -1.81. The molecule has 0 unspecified atom stereocenters. The largest absolute Gasteiger partial charge is 0.399 e. The third kappa shape index (κ3) is 2.37. The number of rotatable bonds is 2. The van der Waals surface area contributed by atoms with Crippen LogP contribution in [0, 0.1) is 5.82 Å². The number of hydrogen-bond acceptors (Lipinski definition) is 2. The molecule has 0 fully saturated rings. The normalized spacial score (nSPS) is 10.4. The minimum absolute atomic E-state index is 0.250. The molecule has 0 aliphatic heterocycles. The van der Waals surface area contributed by atoms with Gasteiger partial charge >= 0.3 is 0 Å². The summed E-state index contributed by atoms with van der Waals surface area (Å²) in [6, 6.07) is 5.99. The molecule has 0 amide bonds. The van der Waals surface area contributed by atoms with Crippen molar-refractivity contribution in [2.45, 2.75) is 0 Å². The minimum atomic E-state index is -0.250. The van der Waals surface area contributed by atoms with Crippen LogP contribution in [-0.2, 0) is 4.84 Å². The monoisotopic (exact) mass is 153 g/mol. The van der Waals surface area contributed by atoms with Gasteiger partial charge in [-0.1, -0.05) is 17.3 Å². The highest BCUT2D eigenvalue weighted by Crippen LogP contribution is 1.99. The molecular formula is C8H8FNO. The predicted molar refractivity (Wildman–Crippen MR) is 41.0 cm³/mol. The fourth-order valence-electron chi connectivity index (χ4n) is 0.662. The molecule has 1 rings (SSSR count). The first-order valence-corrected chi connectivity index (χ1v) is 3.15. The average molecular weight is 153 g/mol. The van der Waals surface area contributed by atoms with Gasteiger partial charge in [0, 0.05) is 0 Å². The van der Waals surface area contributed by atoms with Crippen molar-refractivity contribution in [3.8, 4) is 0 Å². The van der Waals surface area contributed by atoms with Crippen molar-refractivity contribution < 1.29 is 9.23 Å². The van der Waals surface area contributed by atoms with Crippen molar-refractivity contribution in [2.75, 3.05) is 7.11 Å². The topological polar surface area (TPSA) is 21.6 Å². The van der Waals surface area contributed by atoms with Crippen LogP contribution in [0.2, 0.25) is 0 Å². The van der Waals surface area contributed by atoms with Gasteiger partial charge in [-0.25, -0.2) is 4.39 Å². The van der Waals surface area contributed by atoms with E-state index in [2.05, 4.69) is 9.99 Å². The predicted octanol–water partition coefficient (Wildman–Crippen LogP) is 1.81. The summed E-state index contributed by atoms with van der Waals surface area (Å²) in [6.45, 7) is 0. The van der Waals surface area contributed by atoms with Gasteiger partial charge in [-0.05, 0) is 17.7 Å². The zero-order chi connectivity index (χ0) is 8.10. The zero-order valence-electron chi connectivity index (χ0n) is 6.12. The molecule has 1 aromatic carbocycles. The van der Waals surface area contributed by atoms with Crippen LogP contribution in [0.5, 0.6) is 0 Å². The first kappa shape index (κ1) is 7.72. The van der Waals surface area contributed by atoms with E-state index in [0.29, 0.717) is 0 Å². The Morgan fingerprint density at radius 1 is 1.36 bits per heavy atom. The van der Waals surface area contributed by atoms with E-state index in [1.54, 1.807) is 12.1 Å². The second-order valence-electron chi connectivity index (χ2n) is 1.97. The molecule has 11 heavy (non-hydrogen) atoms. The summed E-state index contributed by atoms with van der Waals surface area (Å²) in [4.78, 5) is 4.45. The molecule has 0 atom stereocenters. The van der Waals surface area contributed by atoms with Crippen LogP contribution < -0.4 is 0 Å². The first-order valence-electron chi connectivity index (χ1n) is 3.15. The van der Waals surface area contributed by atoms with Crippen LogP contribution in [0.3, 0.4) is 0 Å². The molecule has 0 N–H and O–H groups in total. The Labute approximate surface area is 64.3 Å². The van der Waals surface area contributed by atoms with E-state index in [4.69, 9.17) is 0 Å². The number of hydrogen-bond donors (Lipinski definition) is 0. The molecule has 0 bridgehead atoms. The van der Waals surface area contributed by atoms with E-state index in [1.807, 2.05) is 0 Å². The van der Waals surface area contributed by atoms with E-state index in [0.717, 1.165) is 5.56 Å². The van der Waals surface area contributed by atoms with Crippen LogP contribution in [0.15, 0.2) is 29.4 Å². The highest BCUT2D eigenvalue weighted by Gasteiger charge is 1.88. The van der Waals surface area contributed by atoms with Crippen molar-refractivity contribution in [2.24, 2.45) is 5.16 Å². The lowest BCUT2D eigenvalue weighted by atomic mass is 10.2. The Kier molecular flexibility index (Phi) is 2.60. The van der Waals surface area contributed by atoms with Crippen LogP contribution in [-0.4, -0.2) is 13.3 Å². The Morgan fingerprint density at radius 3 is 2.55 bits per heavy atom. The maximum absolute atomic E-state index is 12.3. The number of halogens is 1. The molecule has 58 valence electrons. The molecule has 0 radical (unpaired) electrons. The van der Waals surface area contributed by atoms with Gasteiger partial charge in [0.05, 0.1) is 6.21 Å². The van der Waals surface area contributed by atoms with Crippen LogP contribution in [0.1, 0.15) is 5.56 Å². The highest BCUT2D eigenvalue weighted by atomic mass is 19.1. The van der Waals surface area contributed by atoms with Gasteiger partial charge in [-0.2, -0.15) is 0 Å². The van der Waals surface area contributed by atoms with Crippen molar-refractivity contribution in [3.05, 3.63) is 35.6 Å². The minimum Gasteiger partial charge on any atom is -0.399 e. The highest BCUT2D eigenvalue weighted by molar-refractivity contribution is 5.78. The molecule has 3 heteroatoms. The summed E-state index contributed by atoms with van der Waals surface area (Å²) in [7, 11) is 1.46. The zero-order valence-corrected chi connectivity index (χ0v) is 6.12. The number of oxime groups is 1. The van der Waals surface area contributed by atoms with E-state index >= 15 is 0 Å². The van der Waals surface area contributed by atoms with Gasteiger partial charge in [-0.3, -0.25) is 0 Å². The van der Waals surface area contributed by atoms with Crippen molar-refractivity contribution >= 4 is 6.21 Å². The third-order valence-electron chi connectivity index (χ3n) is 1.18. The van der Waals surface area contributed by atoms with E-state index in [1.165, 1.54) is 25.5 Å². The Hall–Kier alpha value is -1.38. The summed E-state index contributed by atoms with van der Waals surface area (Å²) in [5, 5.41) is 3.52. The van der Waals surface area contributed by atoms with Crippen molar-refractivity contribution in [3.63, 3.8) is 0 Å². The summed E-state index contributed by atoms with van der Waals surface area (Å²) in [6.07, 6.45) is 1.51. The molecule has 0 aliphatic rings. The number of nitrogens with zero attached hydrogens (tertiary/aromatic N) is 1. The summed E-state index contributed by atoms with van der Waals surface area (Å²) in [5.74, 6) is -0.250. The molecular weight excluding hydrogens is 145 g/mol. The summed E-state index contributed by atoms with van der Waals surface area (Å²) < 4.78 is 12.3. The van der Waals surface area contributed by atoms with Gasteiger partial charge in [0.15, 0.2) is 0 Å². The third-order valence-corrected chi connectivity index (χ3v) is 1.18. The lowest BCUT2D eigenvalue weighted by Gasteiger charge is -1.90. The summed E-state index contributed by atoms with van der Waals surface area (Å²) >= 11 is 0. The standard InChI is InChI=1S/C8H8FNO/c1-11-10-6-7-2-4-8(9)5-3-7/h2-6H,1H3. The summed E-state index contributed by atoms with van der Waals surface area (Å²) in [5.41, 5.74) is 0.813. The fraction of sp³-hybridized carbons (Fsp3) is 0.125. The average Bonchev–Trinajstić information content (AvgIpc) is 2.04. The van der Waals surface area contributed by atoms with E-state index in [-0.39, 0.29) is 5.82 Å². The molecule has 0 saturated carbocycles. The SMILES string of the molecule is CON=Cc1ccc(F)cc1. The smallest absolute Gasteiger partial charge is 0.123 e. The molecule has 0 aliphatic carbocycles. The molecule has 0 aromatic heterocycles. The molecule has 0 spiro atoms. The van der Waals surface area contributed by atoms with Gasteiger partial charge in [0.25, 0.3) is 0 Å². The number of benzene rings is 1. The molecule has 0 heterocycles. The van der Waals surface area contributed by atoms with Crippen molar-refractivity contribution in [1.29, 1.82) is 0 Å². The fourth-order valence-corrected chi connectivity index (χ4v) is 0.662. The van der Waals surface area contributed by atoms with E-state index < -0.39 is 0 Å². The second-order valence-corrected chi connectivity index (χ2v) is 1.97. The van der Waals surface area contributed by atoms with Crippen LogP contribution >= 0.6 is 0 Å². The van der Waals surface area contributed by atoms with Gasteiger partial charge in [0.1, 0.15) is 12.9 Å². The van der Waals surface area contributed by atoms with Crippen molar-refractivity contribution in [1.82, 2.24) is 0 Å². The Bertz CT molecular complexity index is 243. The van der Waals surface area contributed by atoms with Crippen LogP contribution in [0.4, 0.5) is 4.39 Å². The maximum Gasteiger partial charge on any atom is 0.123 e. The van der Waals surface area contributed by atoms with Gasteiger partial charge in [-0.15, -0.1) is 0 Å². The molecule has 0 saturated heterocycles. The Morgan fingerprint density at radius 2 is 2.00 bits per heavy atom. The van der Waals surface area contributed by atoms with Gasteiger partial charge in [0.2, 0.25) is 0 Å². The van der Waals surface area contributed by atoms with Gasteiger partial charge < -0.3 is 4.84 Å². The molecule has 1 aromatic rings. The van der Waals surface area contributed by atoms with E-state index in [9.17, 15) is 4.39 Å². The van der Waals surface area contributed by atoms with Crippen LogP contribution in [0.25, 0.3) is 0 Å². The second kappa shape index (κ2) is 3.71. The Balaban J connectivity index is 2.73. The first-order chi connectivity index (χ1) is 5.33. The quantitative estimate of drug-likeness (QED) is 0.469. The maximum atomic E-state index is 12.3. The lowest BCUT2D eigenvalue weighted by molar-refractivity contribution is 0.215.